The van der Waals surface area contributed by atoms with Crippen LogP contribution in [-0.2, 0) is 6.54 Å². The first-order chi connectivity index (χ1) is 13.2. The molecule has 1 saturated heterocycles. The van der Waals surface area contributed by atoms with Crippen LogP contribution in [0.15, 0.2) is 46.9 Å². The van der Waals surface area contributed by atoms with Crippen LogP contribution in [0.25, 0.3) is 5.69 Å². The van der Waals surface area contributed by atoms with E-state index in [1.54, 1.807) is 16.8 Å². The zero-order valence-electron chi connectivity index (χ0n) is 15.2. The minimum absolute atomic E-state index is 0.144. The number of piperidine rings is 1. The number of aromatic nitrogens is 4. The van der Waals surface area contributed by atoms with Crippen LogP contribution in [0, 0.1) is 6.92 Å². The molecular weight excluding hydrogens is 344 g/mol. The van der Waals surface area contributed by atoms with E-state index in [9.17, 15) is 4.79 Å². The Kier molecular flexibility index (Phi) is 4.97. The zero-order valence-corrected chi connectivity index (χ0v) is 15.2. The summed E-state index contributed by atoms with van der Waals surface area (Å²) in [5, 5.41) is 15.2. The van der Waals surface area contributed by atoms with Gasteiger partial charge in [0.15, 0.2) is 11.6 Å². The normalized spacial score (nSPS) is 15.7. The van der Waals surface area contributed by atoms with E-state index in [-0.39, 0.29) is 11.9 Å². The standard InChI is InChI=1S/C19H22N6O2/c1-14-7-8-17(27-14)19(26)20-15-9-11-24(12-10-15)13-18-21-22-23-25(18)16-5-3-2-4-6-16/h2-8,15H,9-13H2,1H3,(H,20,26). The van der Waals surface area contributed by atoms with Crippen molar-refractivity contribution < 1.29 is 9.21 Å². The molecule has 3 heterocycles. The lowest BCUT2D eigenvalue weighted by atomic mass is 10.0. The second-order valence-corrected chi connectivity index (χ2v) is 6.78. The molecule has 2 aromatic heterocycles. The largest absolute Gasteiger partial charge is 0.456 e. The van der Waals surface area contributed by atoms with Crippen LogP contribution in [0.4, 0.5) is 0 Å². The van der Waals surface area contributed by atoms with E-state index in [1.165, 1.54) is 0 Å². The highest BCUT2D eigenvalue weighted by Gasteiger charge is 2.23. The Bertz CT molecular complexity index is 896. The van der Waals surface area contributed by atoms with Gasteiger partial charge in [-0.25, -0.2) is 0 Å². The Hall–Kier alpha value is -3.00. The quantitative estimate of drug-likeness (QED) is 0.742. The number of amides is 1. The molecule has 1 fully saturated rings. The summed E-state index contributed by atoms with van der Waals surface area (Å²) in [5.41, 5.74) is 0.952. The van der Waals surface area contributed by atoms with Gasteiger partial charge >= 0.3 is 0 Å². The molecule has 0 saturated carbocycles. The van der Waals surface area contributed by atoms with Gasteiger partial charge in [0.1, 0.15) is 5.76 Å². The highest BCUT2D eigenvalue weighted by atomic mass is 16.3. The smallest absolute Gasteiger partial charge is 0.287 e. The van der Waals surface area contributed by atoms with E-state index in [0.29, 0.717) is 12.3 Å². The average molecular weight is 366 g/mol. The first-order valence-electron chi connectivity index (χ1n) is 9.11. The number of carbonyl (C=O) groups is 1. The van der Waals surface area contributed by atoms with E-state index in [0.717, 1.165) is 43.2 Å². The van der Waals surface area contributed by atoms with Crippen LogP contribution < -0.4 is 5.32 Å². The number of likely N-dealkylation sites (tertiary alicyclic amines) is 1. The zero-order chi connectivity index (χ0) is 18.6. The van der Waals surface area contributed by atoms with Crippen LogP contribution in [0.2, 0.25) is 0 Å². The third kappa shape index (κ3) is 4.06. The summed E-state index contributed by atoms with van der Waals surface area (Å²) < 4.78 is 7.16. The van der Waals surface area contributed by atoms with Gasteiger partial charge in [0.25, 0.3) is 5.91 Å². The van der Waals surface area contributed by atoms with Crippen molar-refractivity contribution in [3.8, 4) is 5.69 Å². The molecule has 0 atom stereocenters. The van der Waals surface area contributed by atoms with Crippen molar-refractivity contribution in [2.45, 2.75) is 32.4 Å². The topological polar surface area (TPSA) is 89.1 Å². The summed E-state index contributed by atoms with van der Waals surface area (Å²) in [6, 6.07) is 13.5. The molecule has 4 rings (SSSR count). The predicted octanol–water partition coefficient (Wildman–Crippen LogP) is 1.96. The van der Waals surface area contributed by atoms with Crippen molar-refractivity contribution in [2.24, 2.45) is 0 Å². The summed E-state index contributed by atoms with van der Waals surface area (Å²) in [6.45, 7) is 4.27. The van der Waals surface area contributed by atoms with Gasteiger partial charge in [0, 0.05) is 19.1 Å². The fourth-order valence-corrected chi connectivity index (χ4v) is 3.32. The van der Waals surface area contributed by atoms with Gasteiger partial charge in [-0.2, -0.15) is 4.68 Å². The maximum atomic E-state index is 12.2. The molecule has 8 nitrogen and oxygen atoms in total. The Balaban J connectivity index is 1.32. The van der Waals surface area contributed by atoms with Gasteiger partial charge in [0.05, 0.1) is 12.2 Å². The number of hydrogen-bond donors (Lipinski definition) is 1. The number of benzene rings is 1. The number of carbonyl (C=O) groups excluding carboxylic acids is 1. The Morgan fingerprint density at radius 1 is 1.19 bits per heavy atom. The van der Waals surface area contributed by atoms with E-state index in [1.807, 2.05) is 37.3 Å². The number of para-hydroxylation sites is 1. The Morgan fingerprint density at radius 3 is 2.67 bits per heavy atom. The van der Waals surface area contributed by atoms with Crippen LogP contribution in [0.5, 0.6) is 0 Å². The first kappa shape index (κ1) is 17.4. The third-order valence-electron chi connectivity index (χ3n) is 4.79. The molecule has 1 amide bonds. The van der Waals surface area contributed by atoms with Gasteiger partial charge in [-0.3, -0.25) is 9.69 Å². The molecule has 1 aliphatic heterocycles. The third-order valence-corrected chi connectivity index (χ3v) is 4.79. The van der Waals surface area contributed by atoms with E-state index in [2.05, 4.69) is 25.7 Å². The molecule has 0 aliphatic carbocycles. The van der Waals surface area contributed by atoms with Crippen molar-refractivity contribution in [1.82, 2.24) is 30.4 Å². The van der Waals surface area contributed by atoms with Crippen LogP contribution in [0.1, 0.15) is 35.0 Å². The molecule has 0 unspecified atom stereocenters. The molecule has 0 radical (unpaired) electrons. The van der Waals surface area contributed by atoms with Gasteiger partial charge in [0.2, 0.25) is 0 Å². The van der Waals surface area contributed by atoms with Crippen LogP contribution in [0.3, 0.4) is 0 Å². The Labute approximate surface area is 157 Å². The van der Waals surface area contributed by atoms with Crippen molar-refractivity contribution >= 4 is 5.91 Å². The Morgan fingerprint density at radius 2 is 1.96 bits per heavy atom. The predicted molar refractivity (Wildman–Crippen MR) is 98.4 cm³/mol. The molecule has 8 heteroatoms. The summed E-state index contributed by atoms with van der Waals surface area (Å²) in [5.74, 6) is 1.78. The van der Waals surface area contributed by atoms with Gasteiger partial charge in [-0.1, -0.05) is 18.2 Å². The number of tetrazole rings is 1. The highest BCUT2D eigenvalue weighted by Crippen LogP contribution is 2.15. The minimum atomic E-state index is -0.144. The molecule has 1 N–H and O–H groups in total. The molecule has 1 aliphatic rings. The lowest BCUT2D eigenvalue weighted by molar-refractivity contribution is 0.0878. The molecule has 1 aromatic carbocycles. The maximum Gasteiger partial charge on any atom is 0.287 e. The van der Waals surface area contributed by atoms with Gasteiger partial charge in [-0.15, -0.1) is 5.10 Å². The van der Waals surface area contributed by atoms with E-state index < -0.39 is 0 Å². The van der Waals surface area contributed by atoms with Gasteiger partial charge in [-0.05, 0) is 54.5 Å². The number of nitrogens with one attached hydrogen (secondary N) is 1. The number of aryl methyl sites for hydroxylation is 1. The number of rotatable bonds is 5. The average Bonchev–Trinajstić information content (AvgIpc) is 3.33. The number of hydrogen-bond acceptors (Lipinski definition) is 6. The fraction of sp³-hybridized carbons (Fsp3) is 0.368. The lowest BCUT2D eigenvalue weighted by Crippen LogP contribution is -2.44. The second-order valence-electron chi connectivity index (χ2n) is 6.78. The molecular formula is C19H22N6O2. The van der Waals surface area contributed by atoms with Gasteiger partial charge < -0.3 is 9.73 Å². The van der Waals surface area contributed by atoms with E-state index in [4.69, 9.17) is 4.42 Å². The maximum absolute atomic E-state index is 12.2. The lowest BCUT2D eigenvalue weighted by Gasteiger charge is -2.31. The summed E-state index contributed by atoms with van der Waals surface area (Å²) in [7, 11) is 0. The molecule has 3 aromatic rings. The van der Waals surface area contributed by atoms with Crippen LogP contribution >= 0.6 is 0 Å². The highest BCUT2D eigenvalue weighted by molar-refractivity contribution is 5.91. The van der Waals surface area contributed by atoms with Crippen LogP contribution in [-0.4, -0.2) is 50.1 Å². The number of furan rings is 1. The van der Waals surface area contributed by atoms with Crippen molar-refractivity contribution in [2.75, 3.05) is 13.1 Å². The fourth-order valence-electron chi connectivity index (χ4n) is 3.32. The minimum Gasteiger partial charge on any atom is -0.456 e. The molecule has 0 spiro atoms. The summed E-state index contributed by atoms with van der Waals surface area (Å²) in [6.07, 6.45) is 1.77. The first-order valence-corrected chi connectivity index (χ1v) is 9.11. The monoisotopic (exact) mass is 366 g/mol. The van der Waals surface area contributed by atoms with Crippen molar-refractivity contribution in [1.29, 1.82) is 0 Å². The van der Waals surface area contributed by atoms with Crippen molar-refractivity contribution in [3.05, 3.63) is 59.8 Å². The summed E-state index contributed by atoms with van der Waals surface area (Å²) in [4.78, 5) is 14.5. The summed E-state index contributed by atoms with van der Waals surface area (Å²) >= 11 is 0. The molecule has 27 heavy (non-hydrogen) atoms. The SMILES string of the molecule is Cc1ccc(C(=O)NC2CCN(Cc3nnnn3-c3ccccc3)CC2)o1. The number of nitrogens with zero attached hydrogens (tertiary/aromatic N) is 5. The molecule has 140 valence electrons. The molecule has 0 bridgehead atoms. The van der Waals surface area contributed by atoms with E-state index >= 15 is 0 Å². The van der Waals surface area contributed by atoms with Crippen molar-refractivity contribution in [3.63, 3.8) is 0 Å². The second kappa shape index (κ2) is 7.71.